The molecule has 1 unspecified atom stereocenters. The molecule has 2 rings (SSSR count). The summed E-state index contributed by atoms with van der Waals surface area (Å²) >= 11 is 5.84. The number of rotatable bonds is 6. The van der Waals surface area contributed by atoms with Crippen LogP contribution in [0, 0.1) is 5.82 Å². The van der Waals surface area contributed by atoms with Crippen LogP contribution in [0.15, 0.2) is 18.2 Å². The molecular weight excluding hydrogens is 265 g/mol. The van der Waals surface area contributed by atoms with Crippen molar-refractivity contribution in [1.82, 2.24) is 5.32 Å². The third-order valence-electron chi connectivity index (χ3n) is 4.15. The third-order valence-corrected chi connectivity index (χ3v) is 4.44. The molecule has 0 bridgehead atoms. The lowest BCUT2D eigenvalue weighted by Crippen LogP contribution is -2.57. The van der Waals surface area contributed by atoms with Gasteiger partial charge in [-0.25, -0.2) is 4.39 Å². The van der Waals surface area contributed by atoms with E-state index in [9.17, 15) is 4.39 Å². The van der Waals surface area contributed by atoms with Gasteiger partial charge in [-0.05, 0) is 43.9 Å². The highest BCUT2D eigenvalue weighted by Crippen LogP contribution is 2.39. The first-order valence-electron chi connectivity index (χ1n) is 6.84. The fourth-order valence-electron chi connectivity index (χ4n) is 2.84. The Morgan fingerprint density at radius 2 is 2.21 bits per heavy atom. The van der Waals surface area contributed by atoms with Crippen molar-refractivity contribution in [3.63, 3.8) is 0 Å². The van der Waals surface area contributed by atoms with Crippen LogP contribution in [0.4, 0.5) is 4.39 Å². The Bertz CT molecular complexity index is 429. The van der Waals surface area contributed by atoms with E-state index in [-0.39, 0.29) is 22.5 Å². The van der Waals surface area contributed by atoms with Crippen molar-refractivity contribution in [1.29, 1.82) is 0 Å². The molecule has 1 atom stereocenters. The second-order valence-corrected chi connectivity index (χ2v) is 5.56. The summed E-state index contributed by atoms with van der Waals surface area (Å²) < 4.78 is 19.7. The zero-order valence-electron chi connectivity index (χ0n) is 11.5. The van der Waals surface area contributed by atoms with Gasteiger partial charge in [0.25, 0.3) is 0 Å². The molecule has 0 saturated heterocycles. The SMILES string of the molecule is CCNC(Cc1cccc(Cl)c1F)C1(OC)CCC1. The summed E-state index contributed by atoms with van der Waals surface area (Å²) in [5.74, 6) is -0.308. The van der Waals surface area contributed by atoms with Crippen LogP contribution in [0.1, 0.15) is 31.7 Å². The van der Waals surface area contributed by atoms with E-state index >= 15 is 0 Å². The van der Waals surface area contributed by atoms with Crippen molar-refractivity contribution < 1.29 is 9.13 Å². The lowest BCUT2D eigenvalue weighted by Gasteiger charge is -2.47. The van der Waals surface area contributed by atoms with Gasteiger partial charge in [-0.1, -0.05) is 30.7 Å². The number of halogens is 2. The molecule has 0 radical (unpaired) electrons. The van der Waals surface area contributed by atoms with Crippen LogP contribution in [0.2, 0.25) is 5.02 Å². The molecule has 0 amide bonds. The van der Waals surface area contributed by atoms with Crippen molar-refractivity contribution in [2.75, 3.05) is 13.7 Å². The summed E-state index contributed by atoms with van der Waals surface area (Å²) in [6.07, 6.45) is 3.84. The molecule has 1 N–H and O–H groups in total. The molecule has 0 aromatic heterocycles. The Balaban J connectivity index is 2.19. The average Bonchev–Trinajstić information content (AvgIpc) is 2.34. The van der Waals surface area contributed by atoms with Crippen molar-refractivity contribution in [2.24, 2.45) is 0 Å². The first-order chi connectivity index (χ1) is 9.13. The molecule has 0 heterocycles. The topological polar surface area (TPSA) is 21.3 Å². The quantitative estimate of drug-likeness (QED) is 0.863. The zero-order valence-corrected chi connectivity index (χ0v) is 12.3. The van der Waals surface area contributed by atoms with Crippen molar-refractivity contribution in [3.05, 3.63) is 34.6 Å². The predicted molar refractivity (Wildman–Crippen MR) is 76.2 cm³/mol. The lowest BCUT2D eigenvalue weighted by molar-refractivity contribution is -0.0979. The highest BCUT2D eigenvalue weighted by molar-refractivity contribution is 6.30. The number of methoxy groups -OCH3 is 1. The number of hydrogen-bond donors (Lipinski definition) is 1. The van der Waals surface area contributed by atoms with Crippen LogP contribution in [0.25, 0.3) is 0 Å². The van der Waals surface area contributed by atoms with E-state index in [1.54, 1.807) is 25.3 Å². The Hall–Kier alpha value is -0.640. The normalized spacial score (nSPS) is 18.9. The van der Waals surface area contributed by atoms with Gasteiger partial charge < -0.3 is 10.1 Å². The summed E-state index contributed by atoms with van der Waals surface area (Å²) in [7, 11) is 1.75. The van der Waals surface area contributed by atoms with Gasteiger partial charge in [-0.15, -0.1) is 0 Å². The molecule has 1 saturated carbocycles. The van der Waals surface area contributed by atoms with Gasteiger partial charge >= 0.3 is 0 Å². The molecular formula is C15H21ClFNO. The molecule has 1 fully saturated rings. The van der Waals surface area contributed by atoms with E-state index in [2.05, 4.69) is 12.2 Å². The van der Waals surface area contributed by atoms with Crippen LogP contribution in [-0.2, 0) is 11.2 Å². The second kappa shape index (κ2) is 6.21. The van der Waals surface area contributed by atoms with Crippen LogP contribution >= 0.6 is 11.6 Å². The van der Waals surface area contributed by atoms with Gasteiger partial charge in [0.1, 0.15) is 5.82 Å². The Morgan fingerprint density at radius 1 is 1.47 bits per heavy atom. The van der Waals surface area contributed by atoms with E-state index < -0.39 is 0 Å². The van der Waals surface area contributed by atoms with Crippen molar-refractivity contribution in [2.45, 2.75) is 44.2 Å². The summed E-state index contributed by atoms with van der Waals surface area (Å²) in [6.45, 7) is 2.90. The minimum Gasteiger partial charge on any atom is -0.377 e. The summed E-state index contributed by atoms with van der Waals surface area (Å²) in [4.78, 5) is 0. The second-order valence-electron chi connectivity index (χ2n) is 5.15. The van der Waals surface area contributed by atoms with E-state index in [0.717, 1.165) is 19.4 Å². The molecule has 0 aliphatic heterocycles. The molecule has 0 spiro atoms. The first-order valence-corrected chi connectivity index (χ1v) is 7.22. The van der Waals surface area contributed by atoms with Gasteiger partial charge in [0.05, 0.1) is 10.6 Å². The highest BCUT2D eigenvalue weighted by Gasteiger charge is 2.44. The lowest BCUT2D eigenvalue weighted by atomic mass is 9.72. The Labute approximate surface area is 119 Å². The number of benzene rings is 1. The number of likely N-dealkylation sites (N-methyl/N-ethyl adjacent to an activating group) is 1. The maximum absolute atomic E-state index is 14.0. The fourth-order valence-corrected chi connectivity index (χ4v) is 3.03. The Morgan fingerprint density at radius 3 is 2.74 bits per heavy atom. The molecule has 19 heavy (non-hydrogen) atoms. The maximum Gasteiger partial charge on any atom is 0.145 e. The molecule has 106 valence electrons. The van der Waals surface area contributed by atoms with E-state index in [0.29, 0.717) is 12.0 Å². The Kier molecular flexibility index (Phi) is 4.82. The van der Waals surface area contributed by atoms with Crippen LogP contribution in [0.3, 0.4) is 0 Å². The summed E-state index contributed by atoms with van der Waals surface area (Å²) in [5, 5.41) is 3.62. The van der Waals surface area contributed by atoms with Crippen LogP contribution in [0.5, 0.6) is 0 Å². The molecule has 4 heteroatoms. The monoisotopic (exact) mass is 285 g/mol. The van der Waals surface area contributed by atoms with E-state index in [1.807, 2.05) is 0 Å². The zero-order chi connectivity index (χ0) is 13.9. The minimum absolute atomic E-state index is 0.129. The molecule has 1 aromatic carbocycles. The molecule has 1 aromatic rings. The summed E-state index contributed by atoms with van der Waals surface area (Å²) in [6, 6.07) is 5.31. The standard InChI is InChI=1S/C15H21ClFNO/c1-3-18-13(15(19-2)8-5-9-15)10-11-6-4-7-12(16)14(11)17/h4,6-7,13,18H,3,5,8-10H2,1-2H3. The smallest absolute Gasteiger partial charge is 0.145 e. The van der Waals surface area contributed by atoms with Crippen molar-refractivity contribution >= 4 is 11.6 Å². The maximum atomic E-state index is 14.0. The number of nitrogens with one attached hydrogen (secondary N) is 1. The molecule has 2 nitrogen and oxygen atoms in total. The van der Waals surface area contributed by atoms with Gasteiger partial charge in [0.15, 0.2) is 0 Å². The first kappa shape index (κ1) is 14.8. The minimum atomic E-state index is -0.308. The number of ether oxygens (including phenoxy) is 1. The molecule has 1 aliphatic rings. The van der Waals surface area contributed by atoms with Gasteiger partial charge in [0.2, 0.25) is 0 Å². The molecule has 1 aliphatic carbocycles. The van der Waals surface area contributed by atoms with E-state index in [4.69, 9.17) is 16.3 Å². The predicted octanol–water partition coefficient (Wildman–Crippen LogP) is 3.57. The highest BCUT2D eigenvalue weighted by atomic mass is 35.5. The van der Waals surface area contributed by atoms with Crippen LogP contribution in [-0.4, -0.2) is 25.3 Å². The third kappa shape index (κ3) is 2.93. The average molecular weight is 286 g/mol. The van der Waals surface area contributed by atoms with Gasteiger partial charge in [-0.3, -0.25) is 0 Å². The summed E-state index contributed by atoms with van der Waals surface area (Å²) in [5.41, 5.74) is 0.506. The fraction of sp³-hybridized carbons (Fsp3) is 0.600. The van der Waals surface area contributed by atoms with Crippen LogP contribution < -0.4 is 5.32 Å². The number of hydrogen-bond acceptors (Lipinski definition) is 2. The van der Waals surface area contributed by atoms with Crippen molar-refractivity contribution in [3.8, 4) is 0 Å². The van der Waals surface area contributed by atoms with Gasteiger partial charge in [0, 0.05) is 13.2 Å². The van der Waals surface area contributed by atoms with E-state index in [1.165, 1.54) is 6.42 Å². The van der Waals surface area contributed by atoms with Gasteiger partial charge in [-0.2, -0.15) is 0 Å². The largest absolute Gasteiger partial charge is 0.377 e.